The van der Waals surface area contributed by atoms with Gasteiger partial charge in [-0.15, -0.1) is 0 Å². The van der Waals surface area contributed by atoms with Crippen LogP contribution in [0.5, 0.6) is 0 Å². The minimum absolute atomic E-state index is 0.0959. The second-order valence-corrected chi connectivity index (χ2v) is 8.37. The zero-order valence-electron chi connectivity index (χ0n) is 12.6. The van der Waals surface area contributed by atoms with Crippen LogP contribution < -0.4 is 5.73 Å². The van der Waals surface area contributed by atoms with E-state index >= 15 is 0 Å². The van der Waals surface area contributed by atoms with Crippen molar-refractivity contribution in [3.05, 3.63) is 65.2 Å². The van der Waals surface area contributed by atoms with Gasteiger partial charge in [-0.05, 0) is 29.8 Å². The molecule has 7 heteroatoms. The van der Waals surface area contributed by atoms with Gasteiger partial charge >= 0.3 is 5.97 Å². The van der Waals surface area contributed by atoms with E-state index in [0.29, 0.717) is 10.6 Å². The first-order valence-electron chi connectivity index (χ1n) is 7.33. The van der Waals surface area contributed by atoms with Gasteiger partial charge in [0, 0.05) is 17.5 Å². The Bertz CT molecular complexity index is 884. The SMILES string of the molecule is NC[C@@]1(C(=O)O)[C@@H](c2cccc(Cl)c2)[C@@H]1S(=O)(=O)c1ccccc1. The maximum Gasteiger partial charge on any atom is 0.312 e. The van der Waals surface area contributed by atoms with Crippen LogP contribution in [0.4, 0.5) is 0 Å². The molecule has 2 aromatic carbocycles. The molecule has 2 aromatic rings. The molecule has 1 aliphatic carbocycles. The molecule has 0 heterocycles. The normalized spacial score (nSPS) is 26.1. The highest BCUT2D eigenvalue weighted by Gasteiger charge is 2.75. The highest BCUT2D eigenvalue weighted by Crippen LogP contribution is 2.63. The molecule has 1 fully saturated rings. The molecule has 0 aliphatic heterocycles. The van der Waals surface area contributed by atoms with E-state index < -0.39 is 32.4 Å². The van der Waals surface area contributed by atoms with Crippen LogP contribution in [0.25, 0.3) is 0 Å². The number of benzene rings is 2. The van der Waals surface area contributed by atoms with Crippen LogP contribution in [0, 0.1) is 5.41 Å². The average Bonchev–Trinajstić information content (AvgIpc) is 3.27. The van der Waals surface area contributed by atoms with Gasteiger partial charge in [-0.25, -0.2) is 8.42 Å². The molecule has 0 amide bonds. The lowest BCUT2D eigenvalue weighted by molar-refractivity contribution is -0.143. The fourth-order valence-corrected chi connectivity index (χ4v) is 5.98. The van der Waals surface area contributed by atoms with Crippen molar-refractivity contribution in [2.75, 3.05) is 6.54 Å². The molecule has 3 N–H and O–H groups in total. The van der Waals surface area contributed by atoms with E-state index in [-0.39, 0.29) is 11.4 Å². The van der Waals surface area contributed by atoms with Gasteiger partial charge in [0.05, 0.1) is 10.1 Å². The molecule has 0 radical (unpaired) electrons. The summed E-state index contributed by atoms with van der Waals surface area (Å²) < 4.78 is 26.0. The number of aliphatic carboxylic acids is 1. The van der Waals surface area contributed by atoms with Crippen molar-refractivity contribution in [3.63, 3.8) is 0 Å². The van der Waals surface area contributed by atoms with Crippen LogP contribution in [-0.4, -0.2) is 31.3 Å². The molecule has 24 heavy (non-hydrogen) atoms. The van der Waals surface area contributed by atoms with Crippen molar-refractivity contribution in [2.24, 2.45) is 11.1 Å². The smallest absolute Gasteiger partial charge is 0.312 e. The third kappa shape index (κ3) is 2.42. The fraction of sp³-hybridized carbons (Fsp3) is 0.235. The highest BCUT2D eigenvalue weighted by molar-refractivity contribution is 7.92. The standard InChI is InChI=1S/C17H16ClNO4S/c18-12-6-4-5-11(9-12)14-15(17(14,10-19)16(20)21)24(22,23)13-7-2-1-3-8-13/h1-9,14-15H,10,19H2,(H,20,21)/t14-,15-,17+/m0/s1. The zero-order chi connectivity index (χ0) is 17.5. The average molecular weight is 366 g/mol. The number of nitrogens with two attached hydrogens (primary N) is 1. The molecule has 3 atom stereocenters. The van der Waals surface area contributed by atoms with Gasteiger partial charge in [0.2, 0.25) is 0 Å². The number of halogens is 1. The Hall–Kier alpha value is -1.89. The van der Waals surface area contributed by atoms with Crippen LogP contribution in [-0.2, 0) is 14.6 Å². The first kappa shape index (κ1) is 17.0. The van der Waals surface area contributed by atoms with E-state index in [1.54, 1.807) is 42.5 Å². The minimum Gasteiger partial charge on any atom is -0.481 e. The Balaban J connectivity index is 2.13. The molecule has 0 bridgehead atoms. The quantitative estimate of drug-likeness (QED) is 0.847. The summed E-state index contributed by atoms with van der Waals surface area (Å²) in [6.07, 6.45) is 0. The Morgan fingerprint density at radius 1 is 1.17 bits per heavy atom. The number of sulfone groups is 1. The summed E-state index contributed by atoms with van der Waals surface area (Å²) in [5.41, 5.74) is 4.75. The largest absolute Gasteiger partial charge is 0.481 e. The van der Waals surface area contributed by atoms with Crippen molar-refractivity contribution in [1.82, 2.24) is 0 Å². The lowest BCUT2D eigenvalue weighted by atomic mass is 9.99. The van der Waals surface area contributed by atoms with Crippen LogP contribution >= 0.6 is 11.6 Å². The third-order valence-electron chi connectivity index (χ3n) is 4.61. The van der Waals surface area contributed by atoms with E-state index in [2.05, 4.69) is 0 Å². The molecule has 0 spiro atoms. The van der Waals surface area contributed by atoms with E-state index in [9.17, 15) is 18.3 Å². The number of carbonyl (C=O) groups is 1. The molecule has 126 valence electrons. The lowest BCUT2D eigenvalue weighted by Crippen LogP contribution is -2.31. The first-order valence-corrected chi connectivity index (χ1v) is 9.26. The number of carboxylic acid groups (broad SMARTS) is 1. The van der Waals surface area contributed by atoms with Crippen LogP contribution in [0.2, 0.25) is 5.02 Å². The van der Waals surface area contributed by atoms with Gasteiger partial charge in [0.15, 0.2) is 9.84 Å². The van der Waals surface area contributed by atoms with Crippen molar-refractivity contribution in [1.29, 1.82) is 0 Å². The lowest BCUT2D eigenvalue weighted by Gasteiger charge is -2.10. The zero-order valence-corrected chi connectivity index (χ0v) is 14.2. The van der Waals surface area contributed by atoms with Gasteiger partial charge in [0.1, 0.15) is 5.41 Å². The van der Waals surface area contributed by atoms with Crippen LogP contribution in [0.1, 0.15) is 11.5 Å². The van der Waals surface area contributed by atoms with E-state index in [1.807, 2.05) is 0 Å². The summed E-state index contributed by atoms with van der Waals surface area (Å²) in [5, 5.41) is 9.01. The highest BCUT2D eigenvalue weighted by atomic mass is 35.5. The van der Waals surface area contributed by atoms with Crippen molar-refractivity contribution in [2.45, 2.75) is 16.1 Å². The number of rotatable bonds is 5. The van der Waals surface area contributed by atoms with Crippen molar-refractivity contribution < 1.29 is 18.3 Å². The second-order valence-electron chi connectivity index (χ2n) is 5.86. The summed E-state index contributed by atoms with van der Waals surface area (Å²) in [5.74, 6) is -1.94. The van der Waals surface area contributed by atoms with E-state index in [1.165, 1.54) is 12.1 Å². The minimum atomic E-state index is -3.84. The predicted octanol–water partition coefficient (Wildman–Crippen LogP) is 2.31. The van der Waals surface area contributed by atoms with E-state index in [0.717, 1.165) is 0 Å². The van der Waals surface area contributed by atoms with Crippen LogP contribution in [0.3, 0.4) is 0 Å². The molecule has 1 saturated carbocycles. The number of hydrogen-bond donors (Lipinski definition) is 2. The maximum absolute atomic E-state index is 13.0. The predicted molar refractivity (Wildman–Crippen MR) is 90.7 cm³/mol. The molecule has 0 aromatic heterocycles. The molecule has 5 nitrogen and oxygen atoms in total. The maximum atomic E-state index is 13.0. The Morgan fingerprint density at radius 3 is 2.38 bits per heavy atom. The molecular formula is C17H16ClNO4S. The third-order valence-corrected chi connectivity index (χ3v) is 7.13. The summed E-state index contributed by atoms with van der Waals surface area (Å²) >= 11 is 5.98. The molecule has 3 rings (SSSR count). The van der Waals surface area contributed by atoms with E-state index in [4.69, 9.17) is 17.3 Å². The number of carboxylic acids is 1. The van der Waals surface area contributed by atoms with Crippen molar-refractivity contribution in [3.8, 4) is 0 Å². The topological polar surface area (TPSA) is 97.5 Å². The van der Waals surface area contributed by atoms with Crippen molar-refractivity contribution >= 4 is 27.4 Å². The molecule has 0 saturated heterocycles. The van der Waals surface area contributed by atoms with Gasteiger partial charge in [-0.2, -0.15) is 0 Å². The summed E-state index contributed by atoms with van der Waals surface area (Å²) in [7, 11) is -3.84. The Morgan fingerprint density at radius 2 is 1.83 bits per heavy atom. The van der Waals surface area contributed by atoms with Crippen LogP contribution in [0.15, 0.2) is 59.5 Å². The molecule has 0 unspecified atom stereocenters. The first-order chi connectivity index (χ1) is 11.4. The van der Waals surface area contributed by atoms with Gasteiger partial charge in [-0.3, -0.25) is 4.79 Å². The monoisotopic (exact) mass is 365 g/mol. The van der Waals surface area contributed by atoms with Gasteiger partial charge in [-0.1, -0.05) is 41.9 Å². The van der Waals surface area contributed by atoms with Gasteiger partial charge < -0.3 is 10.8 Å². The Kier molecular flexibility index (Phi) is 4.15. The molecule has 1 aliphatic rings. The molecular weight excluding hydrogens is 350 g/mol. The number of hydrogen-bond acceptors (Lipinski definition) is 4. The summed E-state index contributed by atoms with van der Waals surface area (Å²) in [6, 6.07) is 14.4. The Labute approximate surface area is 145 Å². The summed E-state index contributed by atoms with van der Waals surface area (Å²) in [4.78, 5) is 12.0. The fourth-order valence-electron chi connectivity index (χ4n) is 3.37. The second kappa shape index (κ2) is 5.88. The summed E-state index contributed by atoms with van der Waals surface area (Å²) in [6.45, 7) is -0.268. The van der Waals surface area contributed by atoms with Gasteiger partial charge in [0.25, 0.3) is 0 Å².